The zero-order valence-electron chi connectivity index (χ0n) is 13.5. The number of rotatable bonds is 3. The molecule has 0 bridgehead atoms. The van der Waals surface area contributed by atoms with E-state index in [-0.39, 0.29) is 0 Å². The summed E-state index contributed by atoms with van der Waals surface area (Å²) in [6.45, 7) is 7.16. The summed E-state index contributed by atoms with van der Waals surface area (Å²) < 4.78 is 0. The van der Waals surface area contributed by atoms with Crippen LogP contribution in [0.1, 0.15) is 0 Å². The van der Waals surface area contributed by atoms with Gasteiger partial charge in [0.1, 0.15) is 0 Å². The minimum absolute atomic E-state index is 1.21. The fourth-order valence-corrected chi connectivity index (χ4v) is 3.82. The van der Waals surface area contributed by atoms with Crippen molar-refractivity contribution < 1.29 is 0 Å². The fourth-order valence-electron chi connectivity index (χ4n) is 2.65. The van der Waals surface area contributed by atoms with Crippen molar-refractivity contribution in [3.63, 3.8) is 0 Å². The van der Waals surface area contributed by atoms with Crippen LogP contribution in [0.3, 0.4) is 0 Å². The predicted molar refractivity (Wildman–Crippen MR) is 100 cm³/mol. The monoisotopic (exact) mass is 302 g/mol. The largest absolute Gasteiger partial charge is 0.0775 e. The van der Waals surface area contributed by atoms with E-state index < -0.39 is 8.07 Å². The van der Waals surface area contributed by atoms with Gasteiger partial charge in [-0.05, 0) is 22.3 Å². The first-order valence-corrected chi connectivity index (χ1v) is 11.3. The minimum Gasteiger partial charge on any atom is -0.0656 e. The van der Waals surface area contributed by atoms with Crippen LogP contribution in [0.15, 0.2) is 78.9 Å². The second-order valence-electron chi connectivity index (χ2n) is 6.77. The first kappa shape index (κ1) is 14.8. The molecule has 22 heavy (non-hydrogen) atoms. The maximum Gasteiger partial charge on any atom is 0.0775 e. The molecule has 3 aromatic carbocycles. The van der Waals surface area contributed by atoms with E-state index in [4.69, 9.17) is 0 Å². The minimum atomic E-state index is -1.21. The Balaban J connectivity index is 1.87. The van der Waals surface area contributed by atoms with Crippen LogP contribution in [0.2, 0.25) is 19.6 Å². The van der Waals surface area contributed by atoms with E-state index in [9.17, 15) is 0 Å². The predicted octanol–water partition coefficient (Wildman–Crippen LogP) is 5.57. The summed E-state index contributed by atoms with van der Waals surface area (Å²) >= 11 is 0. The molecule has 0 aliphatic heterocycles. The molecule has 0 N–H and O–H groups in total. The molecule has 0 nitrogen and oxygen atoms in total. The number of benzene rings is 3. The van der Waals surface area contributed by atoms with Crippen LogP contribution in [0.25, 0.3) is 22.3 Å². The first-order chi connectivity index (χ1) is 10.5. The van der Waals surface area contributed by atoms with Crippen LogP contribution in [0.5, 0.6) is 0 Å². The Hall–Kier alpha value is -2.12. The molecule has 0 fully saturated rings. The third kappa shape index (κ3) is 3.20. The van der Waals surface area contributed by atoms with E-state index in [0.29, 0.717) is 0 Å². The van der Waals surface area contributed by atoms with Crippen LogP contribution < -0.4 is 5.19 Å². The molecule has 0 saturated carbocycles. The van der Waals surface area contributed by atoms with E-state index >= 15 is 0 Å². The highest BCUT2D eigenvalue weighted by molar-refractivity contribution is 6.88. The first-order valence-electron chi connectivity index (χ1n) is 7.80. The van der Waals surface area contributed by atoms with E-state index in [2.05, 4.69) is 98.5 Å². The van der Waals surface area contributed by atoms with Crippen LogP contribution in [0.4, 0.5) is 0 Å². The molecular weight excluding hydrogens is 280 g/mol. The number of hydrogen-bond donors (Lipinski definition) is 0. The summed E-state index contributed by atoms with van der Waals surface area (Å²) in [7, 11) is -1.21. The maximum atomic E-state index is 2.39. The van der Waals surface area contributed by atoms with Gasteiger partial charge in [-0.15, -0.1) is 0 Å². The average molecular weight is 302 g/mol. The quantitative estimate of drug-likeness (QED) is 0.555. The Morgan fingerprint density at radius 1 is 0.455 bits per heavy atom. The summed E-state index contributed by atoms with van der Waals surface area (Å²) in [6.07, 6.45) is 0. The highest BCUT2D eigenvalue weighted by Crippen LogP contribution is 2.24. The van der Waals surface area contributed by atoms with Crippen molar-refractivity contribution in [1.29, 1.82) is 0 Å². The normalized spacial score (nSPS) is 11.4. The van der Waals surface area contributed by atoms with Gasteiger partial charge in [0.15, 0.2) is 0 Å². The summed E-state index contributed by atoms with van der Waals surface area (Å²) in [4.78, 5) is 0. The smallest absolute Gasteiger partial charge is 0.0656 e. The molecule has 110 valence electrons. The molecule has 0 amide bonds. The molecule has 0 aliphatic rings. The third-order valence-corrected chi connectivity index (χ3v) is 6.14. The van der Waals surface area contributed by atoms with Crippen molar-refractivity contribution in [3.05, 3.63) is 78.9 Å². The molecule has 0 aliphatic carbocycles. The van der Waals surface area contributed by atoms with Crippen molar-refractivity contribution in [1.82, 2.24) is 0 Å². The standard InChI is InChI=1S/C21H22Si/c1-22(2,3)21-15-13-20(14-16-21)19-11-9-18(10-12-19)17-7-5-4-6-8-17/h4-16H,1-3H3. The molecule has 0 aromatic heterocycles. The average Bonchev–Trinajstić information content (AvgIpc) is 2.55. The topological polar surface area (TPSA) is 0 Å². The van der Waals surface area contributed by atoms with Gasteiger partial charge in [0, 0.05) is 0 Å². The Kier molecular flexibility index (Phi) is 3.99. The zero-order valence-corrected chi connectivity index (χ0v) is 14.5. The summed E-state index contributed by atoms with van der Waals surface area (Å²) in [5.41, 5.74) is 5.11. The molecule has 1 heteroatoms. The van der Waals surface area contributed by atoms with Gasteiger partial charge in [0.05, 0.1) is 8.07 Å². The maximum absolute atomic E-state index is 2.39. The zero-order chi connectivity index (χ0) is 15.6. The van der Waals surface area contributed by atoms with Crippen LogP contribution in [-0.4, -0.2) is 8.07 Å². The van der Waals surface area contributed by atoms with Gasteiger partial charge < -0.3 is 0 Å². The highest BCUT2D eigenvalue weighted by Gasteiger charge is 2.15. The Labute approximate surface area is 134 Å². The van der Waals surface area contributed by atoms with Gasteiger partial charge in [0.25, 0.3) is 0 Å². The molecule has 0 heterocycles. The van der Waals surface area contributed by atoms with E-state index in [1.54, 1.807) is 0 Å². The summed E-state index contributed by atoms with van der Waals surface area (Å²) in [5.74, 6) is 0. The molecule has 3 aromatic rings. The third-order valence-electron chi connectivity index (χ3n) is 4.08. The van der Waals surface area contributed by atoms with Crippen molar-refractivity contribution in [3.8, 4) is 22.3 Å². The number of hydrogen-bond acceptors (Lipinski definition) is 0. The van der Waals surface area contributed by atoms with E-state index in [0.717, 1.165) is 0 Å². The van der Waals surface area contributed by atoms with Gasteiger partial charge in [-0.3, -0.25) is 0 Å². The van der Waals surface area contributed by atoms with E-state index in [1.807, 2.05) is 0 Å². The fraction of sp³-hybridized carbons (Fsp3) is 0.143. The van der Waals surface area contributed by atoms with Crippen molar-refractivity contribution in [2.24, 2.45) is 0 Å². The lowest BCUT2D eigenvalue weighted by Crippen LogP contribution is -2.37. The molecule has 0 atom stereocenters. The lowest BCUT2D eigenvalue weighted by Gasteiger charge is -2.16. The van der Waals surface area contributed by atoms with Gasteiger partial charge in [-0.2, -0.15) is 0 Å². The lowest BCUT2D eigenvalue weighted by atomic mass is 10.0. The Morgan fingerprint density at radius 2 is 0.818 bits per heavy atom. The van der Waals surface area contributed by atoms with Crippen LogP contribution in [-0.2, 0) is 0 Å². The summed E-state index contributed by atoms with van der Waals surface area (Å²) in [5, 5.41) is 1.51. The van der Waals surface area contributed by atoms with Gasteiger partial charge in [0.2, 0.25) is 0 Å². The van der Waals surface area contributed by atoms with Crippen molar-refractivity contribution in [2.45, 2.75) is 19.6 Å². The van der Waals surface area contributed by atoms with E-state index in [1.165, 1.54) is 27.4 Å². The van der Waals surface area contributed by atoms with Gasteiger partial charge >= 0.3 is 0 Å². The molecule has 0 spiro atoms. The lowest BCUT2D eigenvalue weighted by molar-refractivity contribution is 1.59. The molecule has 0 radical (unpaired) electrons. The molecule has 3 rings (SSSR count). The Bertz CT molecular complexity index is 733. The van der Waals surface area contributed by atoms with Crippen LogP contribution in [0, 0.1) is 0 Å². The second kappa shape index (κ2) is 5.94. The summed E-state index contributed by atoms with van der Waals surface area (Å²) in [6, 6.07) is 28.5. The van der Waals surface area contributed by atoms with Crippen molar-refractivity contribution in [2.75, 3.05) is 0 Å². The molecule has 0 unspecified atom stereocenters. The molecule has 0 saturated heterocycles. The SMILES string of the molecule is C[Si](C)(C)c1ccc(-c2ccc(-c3ccccc3)cc2)cc1. The second-order valence-corrected chi connectivity index (χ2v) is 11.8. The Morgan fingerprint density at radius 3 is 1.23 bits per heavy atom. The highest BCUT2D eigenvalue weighted by atomic mass is 28.3. The van der Waals surface area contributed by atoms with Crippen LogP contribution >= 0.6 is 0 Å². The molecular formula is C21H22Si. The van der Waals surface area contributed by atoms with Gasteiger partial charge in [-0.1, -0.05) is 104 Å². The van der Waals surface area contributed by atoms with Gasteiger partial charge in [-0.25, -0.2) is 0 Å². The van der Waals surface area contributed by atoms with Crippen molar-refractivity contribution >= 4 is 13.3 Å².